The number of benzene rings is 1. The second-order valence-electron chi connectivity index (χ2n) is 5.17. The number of aromatic nitrogens is 3. The van der Waals surface area contributed by atoms with E-state index in [-0.39, 0.29) is 18.7 Å². The summed E-state index contributed by atoms with van der Waals surface area (Å²) in [5.74, 6) is 0.505. The number of halogens is 3. The van der Waals surface area contributed by atoms with Crippen molar-refractivity contribution in [3.05, 3.63) is 57.6 Å². The van der Waals surface area contributed by atoms with Crippen molar-refractivity contribution in [1.82, 2.24) is 20.6 Å². The van der Waals surface area contributed by atoms with Crippen molar-refractivity contribution in [3.8, 4) is 11.4 Å². The van der Waals surface area contributed by atoms with E-state index in [9.17, 15) is 4.79 Å². The molecular formula is C16H12Cl3N5O2. The maximum absolute atomic E-state index is 12.0. The molecule has 0 radical (unpaired) electrons. The van der Waals surface area contributed by atoms with Crippen LogP contribution in [-0.4, -0.2) is 21.0 Å². The number of hydrazine groups is 1. The maximum atomic E-state index is 12.0. The van der Waals surface area contributed by atoms with Gasteiger partial charge in [-0.25, -0.2) is 0 Å². The number of carbonyl (C=O) groups is 1. The Morgan fingerprint density at radius 1 is 1.12 bits per heavy atom. The molecule has 0 atom stereocenters. The molecule has 0 unspecified atom stereocenters. The molecule has 0 aliphatic rings. The van der Waals surface area contributed by atoms with Gasteiger partial charge in [0.25, 0.3) is 0 Å². The topological polar surface area (TPSA) is 92.9 Å². The molecule has 0 aliphatic heterocycles. The Kier molecular flexibility index (Phi) is 5.92. The van der Waals surface area contributed by atoms with Crippen LogP contribution >= 0.6 is 34.8 Å². The molecule has 1 amide bonds. The van der Waals surface area contributed by atoms with Crippen molar-refractivity contribution in [1.29, 1.82) is 0 Å². The summed E-state index contributed by atoms with van der Waals surface area (Å²) in [6.45, 7) is 0. The summed E-state index contributed by atoms with van der Waals surface area (Å²) in [4.78, 5) is 20.1. The van der Waals surface area contributed by atoms with Crippen molar-refractivity contribution >= 4 is 46.4 Å². The number of pyridine rings is 1. The Balaban J connectivity index is 1.53. The molecule has 0 bridgehead atoms. The first-order valence-electron chi connectivity index (χ1n) is 7.45. The third-order valence-electron chi connectivity index (χ3n) is 3.31. The minimum atomic E-state index is -0.296. The molecule has 1 aromatic carbocycles. The average Bonchev–Trinajstić information content (AvgIpc) is 3.09. The number of amides is 1. The smallest absolute Gasteiger partial charge is 0.238 e. The molecule has 7 nitrogen and oxygen atoms in total. The molecule has 2 N–H and O–H groups in total. The normalized spacial score (nSPS) is 10.6. The van der Waals surface area contributed by atoms with Gasteiger partial charge in [0.2, 0.25) is 17.6 Å². The van der Waals surface area contributed by atoms with Gasteiger partial charge in [-0.15, -0.1) is 0 Å². The van der Waals surface area contributed by atoms with Gasteiger partial charge in [0.15, 0.2) is 0 Å². The average molecular weight is 413 g/mol. The van der Waals surface area contributed by atoms with E-state index in [1.807, 2.05) is 0 Å². The van der Waals surface area contributed by atoms with Gasteiger partial charge in [0.1, 0.15) is 0 Å². The van der Waals surface area contributed by atoms with Crippen LogP contribution in [0, 0.1) is 0 Å². The molecule has 3 aromatic rings. The Bertz CT molecular complexity index is 894. The van der Waals surface area contributed by atoms with E-state index in [1.165, 1.54) is 12.1 Å². The van der Waals surface area contributed by atoms with Crippen LogP contribution in [0.15, 0.2) is 41.2 Å². The van der Waals surface area contributed by atoms with Gasteiger partial charge in [-0.1, -0.05) is 40.0 Å². The van der Waals surface area contributed by atoms with Crippen molar-refractivity contribution in [3.63, 3.8) is 0 Å². The highest BCUT2D eigenvalue weighted by Gasteiger charge is 2.12. The van der Waals surface area contributed by atoms with Crippen molar-refractivity contribution in [2.75, 3.05) is 5.43 Å². The van der Waals surface area contributed by atoms with Crippen LogP contribution in [0.1, 0.15) is 12.3 Å². The summed E-state index contributed by atoms with van der Waals surface area (Å²) in [5.41, 5.74) is 6.34. The predicted molar refractivity (Wildman–Crippen MR) is 99.1 cm³/mol. The van der Waals surface area contributed by atoms with Gasteiger partial charge in [0, 0.05) is 35.8 Å². The first kappa shape index (κ1) is 18.4. The second kappa shape index (κ2) is 8.35. The summed E-state index contributed by atoms with van der Waals surface area (Å²) in [7, 11) is 0. The highest BCUT2D eigenvalue weighted by molar-refractivity contribution is 6.41. The van der Waals surface area contributed by atoms with Crippen LogP contribution in [0.2, 0.25) is 15.1 Å². The third-order valence-corrected chi connectivity index (χ3v) is 4.12. The standard InChI is InChI=1S/C16H12Cl3N5O2/c17-10-7-11(18)15(12(19)8-10)23-22-13(25)1-2-14-21-16(24-26-14)9-3-5-20-6-4-9/h3-8,23H,1-2H2,(H,22,25). The van der Waals surface area contributed by atoms with Crippen LogP contribution in [0.25, 0.3) is 11.4 Å². The molecule has 0 aliphatic carbocycles. The molecule has 2 heterocycles. The Morgan fingerprint density at radius 2 is 1.81 bits per heavy atom. The molecule has 0 saturated heterocycles. The Hall–Kier alpha value is -2.35. The van der Waals surface area contributed by atoms with Gasteiger partial charge in [-0.2, -0.15) is 4.98 Å². The van der Waals surface area contributed by atoms with E-state index in [1.54, 1.807) is 24.5 Å². The van der Waals surface area contributed by atoms with E-state index >= 15 is 0 Å². The van der Waals surface area contributed by atoms with E-state index in [0.29, 0.717) is 32.5 Å². The SMILES string of the molecule is O=C(CCc1nc(-c2ccncc2)no1)NNc1c(Cl)cc(Cl)cc1Cl. The van der Waals surface area contributed by atoms with E-state index < -0.39 is 0 Å². The number of aryl methyl sites for hydroxylation is 1. The summed E-state index contributed by atoms with van der Waals surface area (Å²) in [6.07, 6.45) is 3.69. The zero-order chi connectivity index (χ0) is 18.5. The molecule has 26 heavy (non-hydrogen) atoms. The summed E-state index contributed by atoms with van der Waals surface area (Å²) < 4.78 is 5.14. The number of hydrogen-bond acceptors (Lipinski definition) is 6. The number of hydrogen-bond donors (Lipinski definition) is 2. The lowest BCUT2D eigenvalue weighted by atomic mass is 10.2. The van der Waals surface area contributed by atoms with Crippen LogP contribution < -0.4 is 10.9 Å². The lowest BCUT2D eigenvalue weighted by Gasteiger charge is -2.11. The fourth-order valence-electron chi connectivity index (χ4n) is 2.05. The number of carbonyl (C=O) groups excluding carboxylic acids is 1. The highest BCUT2D eigenvalue weighted by atomic mass is 35.5. The molecule has 0 fully saturated rings. The summed E-state index contributed by atoms with van der Waals surface area (Å²) in [6, 6.07) is 6.57. The maximum Gasteiger partial charge on any atom is 0.238 e. The number of nitrogens with one attached hydrogen (secondary N) is 2. The van der Waals surface area contributed by atoms with Crippen LogP contribution in [-0.2, 0) is 11.2 Å². The number of anilines is 1. The first-order valence-corrected chi connectivity index (χ1v) is 8.58. The van der Waals surface area contributed by atoms with Crippen molar-refractivity contribution < 1.29 is 9.32 Å². The predicted octanol–water partition coefficient (Wildman–Crippen LogP) is 4.17. The lowest BCUT2D eigenvalue weighted by Crippen LogP contribution is -2.29. The zero-order valence-corrected chi connectivity index (χ0v) is 15.4. The van der Waals surface area contributed by atoms with Gasteiger partial charge in [-0.05, 0) is 24.3 Å². The molecule has 0 saturated carbocycles. The monoisotopic (exact) mass is 411 g/mol. The summed E-state index contributed by atoms with van der Waals surface area (Å²) in [5, 5.41) is 4.87. The van der Waals surface area contributed by atoms with Crippen LogP contribution in [0.3, 0.4) is 0 Å². The van der Waals surface area contributed by atoms with Gasteiger partial charge in [0.05, 0.1) is 15.7 Å². The molecule has 10 heteroatoms. The molecule has 0 spiro atoms. The number of nitrogens with zero attached hydrogens (tertiary/aromatic N) is 3. The molecule has 3 rings (SSSR count). The van der Waals surface area contributed by atoms with E-state index in [4.69, 9.17) is 39.3 Å². The van der Waals surface area contributed by atoms with Crippen molar-refractivity contribution in [2.45, 2.75) is 12.8 Å². The fourth-order valence-corrected chi connectivity index (χ4v) is 2.96. The third kappa shape index (κ3) is 4.63. The first-order chi connectivity index (χ1) is 12.5. The number of rotatable bonds is 6. The largest absolute Gasteiger partial charge is 0.339 e. The van der Waals surface area contributed by atoms with Gasteiger partial charge in [-0.3, -0.25) is 20.6 Å². The minimum Gasteiger partial charge on any atom is -0.339 e. The van der Waals surface area contributed by atoms with Crippen molar-refractivity contribution in [2.24, 2.45) is 0 Å². The van der Waals surface area contributed by atoms with Gasteiger partial charge >= 0.3 is 0 Å². The van der Waals surface area contributed by atoms with E-state index in [2.05, 4.69) is 26.0 Å². The van der Waals surface area contributed by atoms with Gasteiger partial charge < -0.3 is 4.52 Å². The highest BCUT2D eigenvalue weighted by Crippen LogP contribution is 2.33. The Morgan fingerprint density at radius 3 is 2.50 bits per heavy atom. The Labute approximate surface area is 163 Å². The lowest BCUT2D eigenvalue weighted by molar-refractivity contribution is -0.120. The van der Waals surface area contributed by atoms with E-state index in [0.717, 1.165) is 5.56 Å². The zero-order valence-electron chi connectivity index (χ0n) is 13.2. The fraction of sp³-hybridized carbons (Fsp3) is 0.125. The molecule has 2 aromatic heterocycles. The second-order valence-corrected chi connectivity index (χ2v) is 6.42. The van der Waals surface area contributed by atoms with Crippen LogP contribution in [0.4, 0.5) is 5.69 Å². The molecule has 134 valence electrons. The summed E-state index contributed by atoms with van der Waals surface area (Å²) >= 11 is 17.9. The quantitative estimate of drug-likeness (QED) is 0.590. The van der Waals surface area contributed by atoms with Crippen LogP contribution in [0.5, 0.6) is 0 Å². The minimum absolute atomic E-state index is 0.133. The molecular weight excluding hydrogens is 401 g/mol.